The van der Waals surface area contributed by atoms with E-state index in [1.165, 1.54) is 0 Å². The largest absolute Gasteiger partial charge is 0.322 e. The molecule has 0 N–H and O–H groups in total. The van der Waals surface area contributed by atoms with E-state index in [-0.39, 0.29) is 0 Å². The van der Waals surface area contributed by atoms with Crippen LogP contribution in [0.3, 0.4) is 0 Å². The van der Waals surface area contributed by atoms with Crippen molar-refractivity contribution < 1.29 is 0 Å². The van der Waals surface area contributed by atoms with Crippen LogP contribution in [0.15, 0.2) is 177 Å². The lowest BCUT2D eigenvalue weighted by atomic mass is 10.1. The lowest BCUT2D eigenvalue weighted by molar-refractivity contribution is 0.597. The molecule has 258 valence electrons. The Morgan fingerprint density at radius 1 is 0.769 bits per heavy atom. The van der Waals surface area contributed by atoms with E-state index in [0.29, 0.717) is 5.82 Å². The summed E-state index contributed by atoms with van der Waals surface area (Å²) in [4.78, 5) is 12.2. The second kappa shape index (κ2) is 17.4. The molecule has 52 heavy (non-hydrogen) atoms. The molecule has 0 radical (unpaired) electrons. The molecule has 2 heterocycles. The van der Waals surface area contributed by atoms with Crippen molar-refractivity contribution in [1.82, 2.24) is 19.4 Å². The van der Waals surface area contributed by atoms with Gasteiger partial charge in [-0.05, 0) is 69.7 Å². The molecule has 0 atom stereocenters. The Labute approximate surface area is 308 Å². The third-order valence-corrected chi connectivity index (χ3v) is 8.62. The highest BCUT2D eigenvalue weighted by Gasteiger charge is 2.14. The molecule has 0 saturated carbocycles. The second-order valence-electron chi connectivity index (χ2n) is 12.0. The third-order valence-electron chi connectivity index (χ3n) is 8.62. The zero-order valence-corrected chi connectivity index (χ0v) is 30.6. The minimum absolute atomic E-state index is 0.615. The van der Waals surface area contributed by atoms with Crippen LogP contribution in [0.5, 0.6) is 0 Å². The number of allylic oxidation sites excluding steroid dienone is 11. The number of fused-ring (bicyclic) bond motifs is 1. The van der Waals surface area contributed by atoms with Gasteiger partial charge in [-0.3, -0.25) is 0 Å². The molecule has 0 aliphatic heterocycles. The van der Waals surface area contributed by atoms with E-state index >= 15 is 0 Å². The Balaban J connectivity index is 1.66. The van der Waals surface area contributed by atoms with Gasteiger partial charge in [0, 0.05) is 50.8 Å². The number of rotatable bonds is 13. The van der Waals surface area contributed by atoms with E-state index in [2.05, 4.69) is 110 Å². The maximum absolute atomic E-state index is 5.07. The molecule has 5 aromatic rings. The van der Waals surface area contributed by atoms with Gasteiger partial charge in [-0.2, -0.15) is 0 Å². The number of aromatic nitrogens is 3. The van der Waals surface area contributed by atoms with Crippen molar-refractivity contribution in [1.29, 1.82) is 0 Å². The van der Waals surface area contributed by atoms with Crippen molar-refractivity contribution in [3.05, 3.63) is 200 Å². The van der Waals surface area contributed by atoms with Gasteiger partial charge >= 0.3 is 0 Å². The van der Waals surface area contributed by atoms with Crippen LogP contribution in [0.2, 0.25) is 0 Å². The van der Waals surface area contributed by atoms with E-state index in [4.69, 9.17) is 9.97 Å². The van der Waals surface area contributed by atoms with Gasteiger partial charge in [-0.1, -0.05) is 142 Å². The number of hydrogen-bond acceptors (Lipinski definition) is 3. The van der Waals surface area contributed by atoms with Crippen LogP contribution in [0.25, 0.3) is 62.8 Å². The fourth-order valence-electron chi connectivity index (χ4n) is 6.25. The van der Waals surface area contributed by atoms with Gasteiger partial charge in [0.05, 0.1) is 22.1 Å². The van der Waals surface area contributed by atoms with Crippen molar-refractivity contribution >= 4 is 40.3 Å². The molecule has 5 rings (SSSR count). The van der Waals surface area contributed by atoms with Gasteiger partial charge < -0.3 is 9.47 Å². The summed E-state index contributed by atoms with van der Waals surface area (Å²) in [5.41, 5.74) is 8.32. The number of hydrogen-bond donors (Lipinski definition) is 0. The van der Waals surface area contributed by atoms with Gasteiger partial charge in [-0.25, -0.2) is 9.97 Å². The summed E-state index contributed by atoms with van der Waals surface area (Å²) in [6, 6.07) is 28.8. The Morgan fingerprint density at radius 3 is 1.96 bits per heavy atom. The average molecular weight is 679 g/mol. The molecule has 0 aliphatic carbocycles. The van der Waals surface area contributed by atoms with Gasteiger partial charge in [0.15, 0.2) is 5.82 Å². The third kappa shape index (κ3) is 7.93. The predicted molar refractivity (Wildman–Crippen MR) is 226 cm³/mol. The molecule has 0 amide bonds. The first kappa shape index (κ1) is 36.8. The molecule has 2 aromatic heterocycles. The molecule has 4 nitrogen and oxygen atoms in total. The molecule has 0 spiro atoms. The standard InChI is InChI=1S/C48H46N4/c1-9-22-40(48-49-43(38-24-17-15-18-25-38)34-44(50-48)39-26-19-16-20-27-39)33-36(8)51(32-11-3)35(7)30-31-46-42-29-21-28-37(12-4)47(42)45(14-6)52(46)41(13-5)23-10-2/h9-34H,2,4-5,8H2,1,3,6-7H3/b22-9-,32-11-,35-30+,40-33+,41-23+,45-14+,46-31+. The molecule has 4 heteroatoms. The maximum atomic E-state index is 5.07. The summed E-state index contributed by atoms with van der Waals surface area (Å²) < 4.78 is 2.22. The van der Waals surface area contributed by atoms with E-state index < -0.39 is 0 Å². The maximum Gasteiger partial charge on any atom is 0.160 e. The normalized spacial score (nSPS) is 13.3. The molecule has 0 saturated heterocycles. The van der Waals surface area contributed by atoms with Gasteiger partial charge in [0.2, 0.25) is 0 Å². The lowest BCUT2D eigenvalue weighted by Crippen LogP contribution is -2.25. The predicted octanol–water partition coefficient (Wildman–Crippen LogP) is 11.1. The fourth-order valence-corrected chi connectivity index (χ4v) is 6.25. The second-order valence-corrected chi connectivity index (χ2v) is 12.0. The van der Waals surface area contributed by atoms with Crippen LogP contribution < -0.4 is 10.7 Å². The first-order valence-corrected chi connectivity index (χ1v) is 17.4. The first-order chi connectivity index (χ1) is 25.4. The zero-order chi connectivity index (χ0) is 37.0. The summed E-state index contributed by atoms with van der Waals surface area (Å²) in [5, 5.41) is 4.34. The highest BCUT2D eigenvalue weighted by molar-refractivity contribution is 5.93. The Hall–Kier alpha value is -6.52. The molecule has 0 aliphatic rings. The van der Waals surface area contributed by atoms with E-state index in [9.17, 15) is 0 Å². The molecular weight excluding hydrogens is 633 g/mol. The smallest absolute Gasteiger partial charge is 0.160 e. The average Bonchev–Trinajstić information content (AvgIpc) is 3.51. The van der Waals surface area contributed by atoms with E-state index in [1.807, 2.05) is 105 Å². The Morgan fingerprint density at radius 2 is 1.42 bits per heavy atom. The van der Waals surface area contributed by atoms with E-state index in [0.717, 1.165) is 72.2 Å². The van der Waals surface area contributed by atoms with Crippen molar-refractivity contribution in [2.75, 3.05) is 0 Å². The zero-order valence-electron chi connectivity index (χ0n) is 30.6. The summed E-state index contributed by atoms with van der Waals surface area (Å²) in [6.45, 7) is 24.8. The van der Waals surface area contributed by atoms with Gasteiger partial charge in [0.25, 0.3) is 0 Å². The summed E-state index contributed by atoms with van der Waals surface area (Å²) in [6.07, 6.45) is 24.0. The quantitative estimate of drug-likeness (QED) is 0.116. The van der Waals surface area contributed by atoms with Crippen LogP contribution in [0, 0.1) is 0 Å². The number of nitrogens with zero attached hydrogens (tertiary/aromatic N) is 4. The molecule has 0 unspecified atom stereocenters. The van der Waals surface area contributed by atoms with Gasteiger partial charge in [0.1, 0.15) is 0 Å². The topological polar surface area (TPSA) is 34.0 Å². The molecule has 0 fully saturated rings. The number of benzene rings is 3. The van der Waals surface area contributed by atoms with Crippen LogP contribution in [-0.2, 0) is 0 Å². The SMILES string of the molecule is C=C/C=C(\C=C)n1/c(=C/C=C(\C)N(/C=C\C)C(=C)/C=C(\C=C/C)c2nc(-c3ccccc3)cc(-c3ccccc3)n2)c2cccc(C=C)c2/c1=C\C. The highest BCUT2D eigenvalue weighted by Crippen LogP contribution is 2.28. The van der Waals surface area contributed by atoms with Crippen molar-refractivity contribution in [2.24, 2.45) is 0 Å². The summed E-state index contributed by atoms with van der Waals surface area (Å²) >= 11 is 0. The van der Waals surface area contributed by atoms with Crippen LogP contribution in [0.4, 0.5) is 0 Å². The molecular formula is C48H46N4. The lowest BCUT2D eigenvalue weighted by Gasteiger charge is -2.22. The summed E-state index contributed by atoms with van der Waals surface area (Å²) in [5.74, 6) is 0.615. The molecule has 0 bridgehead atoms. The van der Waals surface area contributed by atoms with Gasteiger partial charge in [-0.15, -0.1) is 0 Å². The minimum Gasteiger partial charge on any atom is -0.322 e. The molecule has 3 aromatic carbocycles. The van der Waals surface area contributed by atoms with Crippen LogP contribution in [-0.4, -0.2) is 19.4 Å². The van der Waals surface area contributed by atoms with Crippen molar-refractivity contribution in [3.63, 3.8) is 0 Å². The first-order valence-electron chi connectivity index (χ1n) is 17.4. The summed E-state index contributed by atoms with van der Waals surface area (Å²) in [7, 11) is 0. The van der Waals surface area contributed by atoms with E-state index in [1.54, 1.807) is 6.08 Å². The Bertz CT molecular complexity index is 2340. The minimum atomic E-state index is 0.615. The fraction of sp³-hybridized carbons (Fsp3) is 0.0833. The van der Waals surface area contributed by atoms with Crippen LogP contribution >= 0.6 is 0 Å². The Kier molecular flexibility index (Phi) is 12.3. The van der Waals surface area contributed by atoms with Crippen LogP contribution in [0.1, 0.15) is 39.1 Å². The van der Waals surface area contributed by atoms with Crippen molar-refractivity contribution in [3.8, 4) is 22.5 Å². The van der Waals surface area contributed by atoms with Crippen molar-refractivity contribution in [2.45, 2.75) is 27.7 Å². The highest BCUT2D eigenvalue weighted by atomic mass is 15.1. The monoisotopic (exact) mass is 678 g/mol.